The molecule has 1 saturated heterocycles. The summed E-state index contributed by atoms with van der Waals surface area (Å²) in [5, 5.41) is 11.4. The number of furan rings is 1. The minimum atomic E-state index is -0.373. The fraction of sp³-hybridized carbons (Fsp3) is 0.263. The molecule has 156 valence electrons. The molecule has 30 heavy (non-hydrogen) atoms. The number of halogens is 1. The van der Waals surface area contributed by atoms with Gasteiger partial charge in [0.25, 0.3) is 5.91 Å². The normalized spacial score (nSPS) is 14.0. The molecule has 0 bridgehead atoms. The topological polar surface area (TPSA) is 91.6 Å². The maximum atomic E-state index is 13.7. The number of rotatable bonds is 6. The largest absolute Gasteiger partial charge is 0.459 e. The van der Waals surface area contributed by atoms with E-state index in [1.54, 1.807) is 40.1 Å². The third kappa shape index (κ3) is 4.79. The number of anilines is 2. The van der Waals surface area contributed by atoms with E-state index in [4.69, 9.17) is 4.42 Å². The van der Waals surface area contributed by atoms with Gasteiger partial charge in [0.15, 0.2) is 10.1 Å². The number of benzene rings is 1. The van der Waals surface area contributed by atoms with Gasteiger partial charge in [0.1, 0.15) is 5.82 Å². The molecule has 2 amide bonds. The third-order valence-electron chi connectivity index (χ3n) is 4.49. The summed E-state index contributed by atoms with van der Waals surface area (Å²) in [6, 6.07) is 9.62. The minimum Gasteiger partial charge on any atom is -0.459 e. The second kappa shape index (κ2) is 9.26. The van der Waals surface area contributed by atoms with Gasteiger partial charge in [-0.3, -0.25) is 9.59 Å². The number of thioether (sulfide) groups is 1. The Morgan fingerprint density at radius 1 is 1.10 bits per heavy atom. The molecule has 0 radical (unpaired) electrons. The van der Waals surface area contributed by atoms with Crippen molar-refractivity contribution in [2.75, 3.05) is 37.2 Å². The first-order valence-corrected chi connectivity index (χ1v) is 11.0. The zero-order chi connectivity index (χ0) is 20.9. The van der Waals surface area contributed by atoms with Crippen molar-refractivity contribution >= 4 is 45.7 Å². The lowest BCUT2D eigenvalue weighted by Crippen LogP contribution is -2.51. The van der Waals surface area contributed by atoms with E-state index in [2.05, 4.69) is 15.5 Å². The number of amides is 2. The lowest BCUT2D eigenvalue weighted by Gasteiger charge is -2.34. The summed E-state index contributed by atoms with van der Waals surface area (Å²) in [5.41, 5.74) is 0.322. The molecule has 1 aliphatic heterocycles. The van der Waals surface area contributed by atoms with E-state index in [0.29, 0.717) is 47.1 Å². The average Bonchev–Trinajstić information content (AvgIpc) is 3.46. The van der Waals surface area contributed by atoms with Gasteiger partial charge in [0.05, 0.1) is 17.7 Å². The maximum Gasteiger partial charge on any atom is 0.289 e. The predicted molar refractivity (Wildman–Crippen MR) is 112 cm³/mol. The molecule has 0 spiro atoms. The highest BCUT2D eigenvalue weighted by Gasteiger charge is 2.26. The van der Waals surface area contributed by atoms with Crippen LogP contribution in [-0.4, -0.2) is 63.7 Å². The molecule has 8 nitrogen and oxygen atoms in total. The molecule has 11 heteroatoms. The second-order valence-electron chi connectivity index (χ2n) is 6.42. The quantitative estimate of drug-likeness (QED) is 0.581. The van der Waals surface area contributed by atoms with Crippen molar-refractivity contribution in [1.29, 1.82) is 0 Å². The molecule has 1 aromatic carbocycles. The number of hydrogen-bond acceptors (Lipinski definition) is 8. The molecule has 1 fully saturated rings. The molecule has 0 unspecified atom stereocenters. The van der Waals surface area contributed by atoms with Gasteiger partial charge in [-0.15, -0.1) is 10.2 Å². The Labute approximate surface area is 180 Å². The Morgan fingerprint density at radius 2 is 1.87 bits per heavy atom. The van der Waals surface area contributed by atoms with Crippen LogP contribution in [0, 0.1) is 5.82 Å². The van der Waals surface area contributed by atoms with Gasteiger partial charge < -0.3 is 19.5 Å². The van der Waals surface area contributed by atoms with E-state index in [0.717, 1.165) is 0 Å². The first-order valence-electron chi connectivity index (χ1n) is 9.18. The van der Waals surface area contributed by atoms with Crippen LogP contribution in [0.25, 0.3) is 0 Å². The summed E-state index contributed by atoms with van der Waals surface area (Å²) >= 11 is 2.54. The van der Waals surface area contributed by atoms with Crippen LogP contribution in [0.2, 0.25) is 0 Å². The average molecular weight is 448 g/mol. The van der Waals surface area contributed by atoms with Crippen LogP contribution < -0.4 is 5.32 Å². The van der Waals surface area contributed by atoms with Gasteiger partial charge in [0.2, 0.25) is 11.0 Å². The van der Waals surface area contributed by atoms with E-state index >= 15 is 0 Å². The van der Waals surface area contributed by atoms with E-state index in [-0.39, 0.29) is 23.4 Å². The zero-order valence-corrected chi connectivity index (χ0v) is 17.4. The highest BCUT2D eigenvalue weighted by atomic mass is 32.2. The molecule has 0 aliphatic carbocycles. The van der Waals surface area contributed by atoms with E-state index in [9.17, 15) is 14.0 Å². The molecular weight excluding hydrogens is 429 g/mol. The first kappa shape index (κ1) is 20.4. The van der Waals surface area contributed by atoms with Crippen LogP contribution in [0.1, 0.15) is 10.6 Å². The van der Waals surface area contributed by atoms with Crippen LogP contribution >= 0.6 is 23.1 Å². The smallest absolute Gasteiger partial charge is 0.289 e. The fourth-order valence-corrected chi connectivity index (χ4v) is 4.59. The minimum absolute atomic E-state index is 0.0242. The Morgan fingerprint density at radius 3 is 2.60 bits per heavy atom. The van der Waals surface area contributed by atoms with Gasteiger partial charge in [-0.25, -0.2) is 4.39 Å². The summed E-state index contributed by atoms with van der Waals surface area (Å²) in [4.78, 5) is 28.2. The highest BCUT2D eigenvalue weighted by molar-refractivity contribution is 8.01. The standard InChI is InChI=1S/C19H18FN5O3S2/c20-13-4-1-2-5-14(13)21-18-22-23-19(30-18)29-12-16(26)24-7-9-25(10-8-24)17(27)15-6-3-11-28-15/h1-6,11H,7-10,12H2,(H,21,22). The summed E-state index contributed by atoms with van der Waals surface area (Å²) in [7, 11) is 0. The van der Waals surface area contributed by atoms with Gasteiger partial charge in [-0.1, -0.05) is 35.2 Å². The number of aromatic nitrogens is 2. The number of piperazine rings is 1. The van der Waals surface area contributed by atoms with Gasteiger partial charge in [0, 0.05) is 26.2 Å². The van der Waals surface area contributed by atoms with Gasteiger partial charge >= 0.3 is 0 Å². The van der Waals surface area contributed by atoms with Crippen molar-refractivity contribution in [1.82, 2.24) is 20.0 Å². The third-order valence-corrected chi connectivity index (χ3v) is 6.45. The number of carbonyl (C=O) groups excluding carboxylic acids is 2. The summed E-state index contributed by atoms with van der Waals surface area (Å²) in [6.45, 7) is 1.88. The fourth-order valence-electron chi connectivity index (χ4n) is 2.93. The molecule has 4 rings (SSSR count). The van der Waals surface area contributed by atoms with Gasteiger partial charge in [-0.05, 0) is 24.3 Å². The molecule has 0 saturated carbocycles. The van der Waals surface area contributed by atoms with Crippen molar-refractivity contribution in [3.63, 3.8) is 0 Å². The Kier molecular flexibility index (Phi) is 6.29. The van der Waals surface area contributed by atoms with E-state index in [1.807, 2.05) is 0 Å². The molecular formula is C19H18FN5O3S2. The Balaban J connectivity index is 1.24. The second-order valence-corrected chi connectivity index (χ2v) is 8.62. The Bertz CT molecular complexity index is 1020. The van der Waals surface area contributed by atoms with E-state index < -0.39 is 0 Å². The first-order chi connectivity index (χ1) is 14.6. The lowest BCUT2D eigenvalue weighted by molar-refractivity contribution is -0.129. The highest BCUT2D eigenvalue weighted by Crippen LogP contribution is 2.28. The number of nitrogens with one attached hydrogen (secondary N) is 1. The molecule has 3 aromatic rings. The number of carbonyl (C=O) groups is 2. The molecule has 0 atom stereocenters. The number of para-hydroxylation sites is 1. The SMILES string of the molecule is O=C(CSc1nnc(Nc2ccccc2F)s1)N1CCN(C(=O)c2ccco2)CC1. The van der Waals surface area contributed by atoms with Crippen molar-refractivity contribution < 1.29 is 18.4 Å². The summed E-state index contributed by atoms with van der Waals surface area (Å²) in [5.74, 6) is -0.0298. The number of hydrogen-bond donors (Lipinski definition) is 1. The van der Waals surface area contributed by atoms with Gasteiger partial charge in [-0.2, -0.15) is 0 Å². The van der Waals surface area contributed by atoms with Crippen molar-refractivity contribution in [3.05, 3.63) is 54.2 Å². The van der Waals surface area contributed by atoms with Crippen LogP contribution in [0.5, 0.6) is 0 Å². The lowest BCUT2D eigenvalue weighted by atomic mass is 10.3. The van der Waals surface area contributed by atoms with E-state index in [1.165, 1.54) is 35.4 Å². The molecule has 1 N–H and O–H groups in total. The maximum absolute atomic E-state index is 13.7. The van der Waals surface area contributed by atoms with Crippen LogP contribution in [0.3, 0.4) is 0 Å². The zero-order valence-electron chi connectivity index (χ0n) is 15.8. The van der Waals surface area contributed by atoms with Crippen molar-refractivity contribution in [2.24, 2.45) is 0 Å². The van der Waals surface area contributed by atoms with Crippen LogP contribution in [-0.2, 0) is 4.79 Å². The molecule has 2 aromatic heterocycles. The van der Waals surface area contributed by atoms with Crippen molar-refractivity contribution in [2.45, 2.75) is 4.34 Å². The molecule has 3 heterocycles. The summed E-state index contributed by atoms with van der Waals surface area (Å²) < 4.78 is 19.5. The Hall–Kier alpha value is -2.92. The van der Waals surface area contributed by atoms with Crippen LogP contribution in [0.4, 0.5) is 15.2 Å². The van der Waals surface area contributed by atoms with Crippen LogP contribution in [0.15, 0.2) is 51.4 Å². The monoisotopic (exact) mass is 447 g/mol. The summed E-state index contributed by atoms with van der Waals surface area (Å²) in [6.07, 6.45) is 1.47. The number of nitrogens with zero attached hydrogens (tertiary/aromatic N) is 4. The molecule has 1 aliphatic rings. The predicted octanol–water partition coefficient (Wildman–Crippen LogP) is 3.09. The van der Waals surface area contributed by atoms with Crippen molar-refractivity contribution in [3.8, 4) is 0 Å².